The van der Waals surface area contributed by atoms with Crippen LogP contribution in [0, 0.1) is 40.4 Å². The van der Waals surface area contributed by atoms with Gasteiger partial charge in [0.25, 0.3) is 0 Å². The van der Waals surface area contributed by atoms with E-state index in [1.54, 1.807) is 0 Å². The first-order chi connectivity index (χ1) is 14.0. The average molecular weight is 402 g/mol. The van der Waals surface area contributed by atoms with Crippen LogP contribution in [-0.4, -0.2) is 35.9 Å². The monoisotopic (exact) mass is 401 g/mol. The molecule has 162 valence electrons. The second-order valence-corrected chi connectivity index (χ2v) is 11.3. The number of ketones is 2. The molecule has 2 N–H and O–H groups in total. The highest BCUT2D eigenvalue weighted by atomic mass is 16.3. The van der Waals surface area contributed by atoms with Crippen LogP contribution in [0.5, 0.6) is 0 Å². The number of fused-ring (bicyclic) bond motifs is 5. The molecule has 0 amide bonds. The standard InChI is InChI=1S/C25H39NO3/c1-24-11-3-2-6-18(24)17(15-27)23(29)22-19(24)9-13-25(20(22)7-8-21(25)28)12-4-5-16-10-14-26-16/h16-20,22,26-27H,2-15H2,1H3/t16?,17-,18?,19+,20+,22-,24+,25+/m1/s1. The maximum absolute atomic E-state index is 13.7. The molecule has 0 aromatic rings. The Kier molecular flexibility index (Phi) is 5.18. The van der Waals surface area contributed by atoms with Gasteiger partial charge in [0.2, 0.25) is 0 Å². The number of hydrogen-bond donors (Lipinski definition) is 2. The number of nitrogens with one attached hydrogen (secondary N) is 1. The van der Waals surface area contributed by atoms with E-state index in [0.29, 0.717) is 35.9 Å². The highest BCUT2D eigenvalue weighted by Gasteiger charge is 2.65. The minimum absolute atomic E-state index is 0.00330. The molecule has 1 saturated heterocycles. The number of carbonyl (C=O) groups excluding carboxylic acids is 2. The Hall–Kier alpha value is -0.740. The highest BCUT2D eigenvalue weighted by molar-refractivity contribution is 5.91. The van der Waals surface area contributed by atoms with Crippen molar-refractivity contribution < 1.29 is 14.7 Å². The summed E-state index contributed by atoms with van der Waals surface area (Å²) in [6, 6.07) is 0.648. The molecule has 4 saturated carbocycles. The minimum atomic E-state index is -0.238. The van der Waals surface area contributed by atoms with E-state index in [2.05, 4.69) is 12.2 Å². The number of hydrogen-bond acceptors (Lipinski definition) is 4. The van der Waals surface area contributed by atoms with Gasteiger partial charge in [-0.05, 0) is 81.1 Å². The SMILES string of the molecule is C[C@]12CCCCC1[C@@H](CO)C(=O)[C@H]1[C@@H]3CCC(=O)[C@@]3(CCCC3CCN3)CC[C@@H]12. The second kappa shape index (κ2) is 7.44. The zero-order valence-electron chi connectivity index (χ0n) is 18.1. The molecular weight excluding hydrogens is 362 g/mol. The van der Waals surface area contributed by atoms with Gasteiger partial charge in [0, 0.05) is 29.7 Å². The van der Waals surface area contributed by atoms with Crippen molar-refractivity contribution in [3.05, 3.63) is 0 Å². The lowest BCUT2D eigenvalue weighted by Gasteiger charge is -2.61. The van der Waals surface area contributed by atoms with E-state index < -0.39 is 0 Å². The molecule has 0 radical (unpaired) electrons. The van der Waals surface area contributed by atoms with Crippen LogP contribution < -0.4 is 5.32 Å². The summed E-state index contributed by atoms with van der Waals surface area (Å²) in [6.45, 7) is 3.57. The van der Waals surface area contributed by atoms with Crippen LogP contribution in [0.4, 0.5) is 0 Å². The number of Topliss-reactive ketones (excluding diaryl/α,β-unsaturated/α-hetero) is 2. The average Bonchev–Trinajstić information content (AvgIpc) is 3.01. The summed E-state index contributed by atoms with van der Waals surface area (Å²) in [6.07, 6.45) is 12.9. The van der Waals surface area contributed by atoms with Gasteiger partial charge in [-0.1, -0.05) is 26.2 Å². The second-order valence-electron chi connectivity index (χ2n) is 11.3. The van der Waals surface area contributed by atoms with Gasteiger partial charge in [0.05, 0.1) is 6.61 Å². The van der Waals surface area contributed by atoms with E-state index in [0.717, 1.165) is 45.1 Å². The first kappa shape index (κ1) is 20.2. The Bertz CT molecular complexity index is 673. The van der Waals surface area contributed by atoms with Crippen molar-refractivity contribution in [2.45, 2.75) is 90.0 Å². The molecule has 0 spiro atoms. The molecule has 5 fully saturated rings. The van der Waals surface area contributed by atoms with Crippen molar-refractivity contribution in [1.29, 1.82) is 0 Å². The van der Waals surface area contributed by atoms with Crippen molar-refractivity contribution in [2.75, 3.05) is 13.2 Å². The minimum Gasteiger partial charge on any atom is -0.396 e. The molecule has 5 rings (SSSR count). The van der Waals surface area contributed by atoms with Crippen LogP contribution in [0.2, 0.25) is 0 Å². The predicted octanol–water partition coefficient (Wildman–Crippen LogP) is 3.90. The smallest absolute Gasteiger partial charge is 0.142 e. The van der Waals surface area contributed by atoms with Crippen LogP contribution in [0.1, 0.15) is 84.0 Å². The van der Waals surface area contributed by atoms with Crippen molar-refractivity contribution in [3.63, 3.8) is 0 Å². The molecule has 0 aromatic carbocycles. The van der Waals surface area contributed by atoms with E-state index in [4.69, 9.17) is 0 Å². The molecule has 1 heterocycles. The molecule has 5 aliphatic rings. The fraction of sp³-hybridized carbons (Fsp3) is 0.920. The Balaban J connectivity index is 1.43. The van der Waals surface area contributed by atoms with Gasteiger partial charge >= 0.3 is 0 Å². The fourth-order valence-electron chi connectivity index (χ4n) is 8.75. The fourth-order valence-corrected chi connectivity index (χ4v) is 8.75. The Morgan fingerprint density at radius 1 is 1.03 bits per heavy atom. The molecule has 0 aromatic heterocycles. The maximum Gasteiger partial charge on any atom is 0.142 e. The van der Waals surface area contributed by atoms with Crippen LogP contribution >= 0.6 is 0 Å². The summed E-state index contributed by atoms with van der Waals surface area (Å²) in [5.74, 6) is 1.63. The molecule has 0 bridgehead atoms. The maximum atomic E-state index is 13.7. The lowest BCUT2D eigenvalue weighted by Crippen LogP contribution is -2.60. The third-order valence-electron chi connectivity index (χ3n) is 10.4. The number of carbonyl (C=O) groups is 2. The third kappa shape index (κ3) is 2.91. The van der Waals surface area contributed by atoms with E-state index in [-0.39, 0.29) is 35.2 Å². The molecule has 1 aliphatic heterocycles. The van der Waals surface area contributed by atoms with Crippen LogP contribution in [-0.2, 0) is 9.59 Å². The normalized spacial score (nSPS) is 49.2. The first-order valence-corrected chi connectivity index (χ1v) is 12.4. The van der Waals surface area contributed by atoms with Gasteiger partial charge in [-0.15, -0.1) is 0 Å². The number of aliphatic hydroxyl groups excluding tert-OH is 1. The van der Waals surface area contributed by atoms with Crippen LogP contribution in [0.25, 0.3) is 0 Å². The van der Waals surface area contributed by atoms with Gasteiger partial charge in [-0.25, -0.2) is 0 Å². The topological polar surface area (TPSA) is 66.4 Å². The third-order valence-corrected chi connectivity index (χ3v) is 10.4. The van der Waals surface area contributed by atoms with E-state index in [1.165, 1.54) is 32.1 Å². The van der Waals surface area contributed by atoms with Crippen LogP contribution in [0.3, 0.4) is 0 Å². The van der Waals surface area contributed by atoms with Crippen LogP contribution in [0.15, 0.2) is 0 Å². The quantitative estimate of drug-likeness (QED) is 0.733. The summed E-state index contributed by atoms with van der Waals surface area (Å²) in [4.78, 5) is 26.9. The molecular formula is C25H39NO3. The highest BCUT2D eigenvalue weighted by Crippen LogP contribution is 2.66. The van der Waals surface area contributed by atoms with Gasteiger partial charge in [0.1, 0.15) is 11.6 Å². The first-order valence-electron chi connectivity index (χ1n) is 12.4. The summed E-state index contributed by atoms with van der Waals surface area (Å²) in [7, 11) is 0. The van der Waals surface area contributed by atoms with Gasteiger partial charge < -0.3 is 10.4 Å². The Labute approximate surface area is 175 Å². The van der Waals surface area contributed by atoms with Crippen molar-refractivity contribution in [2.24, 2.45) is 40.4 Å². The molecule has 29 heavy (non-hydrogen) atoms. The summed E-state index contributed by atoms with van der Waals surface area (Å²) >= 11 is 0. The van der Waals surface area contributed by atoms with Gasteiger partial charge in [0.15, 0.2) is 0 Å². The van der Waals surface area contributed by atoms with Gasteiger partial charge in [-0.3, -0.25) is 9.59 Å². The van der Waals surface area contributed by atoms with E-state index in [9.17, 15) is 14.7 Å². The lowest BCUT2D eigenvalue weighted by atomic mass is 9.42. The van der Waals surface area contributed by atoms with Gasteiger partial charge in [-0.2, -0.15) is 0 Å². The zero-order valence-corrected chi connectivity index (χ0v) is 18.1. The number of rotatable bonds is 5. The molecule has 4 nitrogen and oxygen atoms in total. The van der Waals surface area contributed by atoms with Crippen molar-refractivity contribution in [1.82, 2.24) is 5.32 Å². The zero-order chi connectivity index (χ0) is 20.2. The summed E-state index contributed by atoms with van der Waals surface area (Å²) in [5, 5.41) is 13.7. The largest absolute Gasteiger partial charge is 0.396 e. The van der Waals surface area contributed by atoms with E-state index in [1.807, 2.05) is 0 Å². The molecule has 8 atom stereocenters. The van der Waals surface area contributed by atoms with E-state index >= 15 is 0 Å². The Morgan fingerprint density at radius 2 is 1.86 bits per heavy atom. The molecule has 2 unspecified atom stereocenters. The summed E-state index contributed by atoms with van der Waals surface area (Å²) < 4.78 is 0. The summed E-state index contributed by atoms with van der Waals surface area (Å²) in [5.41, 5.74) is -0.0592. The lowest BCUT2D eigenvalue weighted by molar-refractivity contribution is -0.171. The number of aliphatic hydroxyl groups is 1. The van der Waals surface area contributed by atoms with Crippen molar-refractivity contribution >= 4 is 11.6 Å². The molecule has 4 heteroatoms. The molecule has 4 aliphatic carbocycles. The van der Waals surface area contributed by atoms with Crippen molar-refractivity contribution in [3.8, 4) is 0 Å². The predicted molar refractivity (Wildman–Crippen MR) is 112 cm³/mol. The Morgan fingerprint density at radius 3 is 2.59 bits per heavy atom.